The number of primary amides is 1. The lowest BCUT2D eigenvalue weighted by molar-refractivity contribution is 0.0871. The Morgan fingerprint density at radius 3 is 2.79 bits per heavy atom. The lowest BCUT2D eigenvalue weighted by Crippen LogP contribution is -2.27. The Morgan fingerprint density at radius 1 is 1.26 bits per heavy atom. The Labute approximate surface area is 197 Å². The summed E-state index contributed by atoms with van der Waals surface area (Å²) in [7, 11) is -1.28. The third-order valence-corrected chi connectivity index (χ3v) is 7.24. The van der Waals surface area contributed by atoms with Crippen LogP contribution in [0.1, 0.15) is 30.1 Å². The summed E-state index contributed by atoms with van der Waals surface area (Å²) in [6.45, 7) is 9.61. The zero-order valence-corrected chi connectivity index (χ0v) is 20.9. The maximum absolute atomic E-state index is 13.6. The summed E-state index contributed by atoms with van der Waals surface area (Å²) in [5.74, 6) is -0.0643. The molecule has 1 aliphatic heterocycles. The van der Waals surface area contributed by atoms with Gasteiger partial charge in [0.25, 0.3) is 5.91 Å². The van der Waals surface area contributed by atoms with Crippen molar-refractivity contribution in [3.8, 4) is 17.6 Å². The Hall–Kier alpha value is -3.25. The lowest BCUT2D eigenvalue weighted by atomic mass is 10.2. The van der Waals surface area contributed by atoms with Crippen LogP contribution in [0.25, 0.3) is 17.0 Å². The minimum Gasteiger partial charge on any atom is -0.476 e. The van der Waals surface area contributed by atoms with Gasteiger partial charge in [0.1, 0.15) is 24.4 Å². The number of aromatic nitrogens is 5. The fourth-order valence-electron chi connectivity index (χ4n) is 3.64. The summed E-state index contributed by atoms with van der Waals surface area (Å²) >= 11 is 0. The smallest absolute Gasteiger partial charge is 0.338 e. The molecule has 1 atom stereocenters. The molecule has 0 saturated carbocycles. The highest BCUT2D eigenvalue weighted by Crippen LogP contribution is 2.27. The Balaban J connectivity index is 1.86. The maximum atomic E-state index is 13.6. The molecule has 182 valence electrons. The molecule has 11 nitrogen and oxygen atoms in total. The summed E-state index contributed by atoms with van der Waals surface area (Å²) in [6, 6.07) is 4.01. The summed E-state index contributed by atoms with van der Waals surface area (Å²) in [4.78, 5) is 38.6. The van der Waals surface area contributed by atoms with Crippen molar-refractivity contribution in [1.29, 1.82) is 0 Å². The van der Waals surface area contributed by atoms with Crippen molar-refractivity contribution in [2.75, 3.05) is 13.2 Å². The molecule has 0 spiro atoms. The van der Waals surface area contributed by atoms with Crippen molar-refractivity contribution in [1.82, 2.24) is 24.1 Å². The van der Waals surface area contributed by atoms with Gasteiger partial charge >= 0.3 is 5.69 Å². The van der Waals surface area contributed by atoms with Crippen molar-refractivity contribution in [3.05, 3.63) is 34.5 Å². The molecule has 34 heavy (non-hydrogen) atoms. The average Bonchev–Trinajstić information content (AvgIpc) is 3.04. The fraction of sp³-hybridized carbons (Fsp3) is 0.500. The van der Waals surface area contributed by atoms with Gasteiger partial charge in [-0.05, 0) is 37.9 Å². The van der Waals surface area contributed by atoms with Crippen LogP contribution in [0.5, 0.6) is 11.8 Å². The van der Waals surface area contributed by atoms with Crippen LogP contribution in [0.15, 0.2) is 23.3 Å². The molecule has 0 radical (unpaired) electrons. The molecule has 2 bridgehead atoms. The van der Waals surface area contributed by atoms with E-state index in [2.05, 4.69) is 34.6 Å². The molecule has 0 aromatic carbocycles. The number of imidazole rings is 1. The van der Waals surface area contributed by atoms with E-state index in [1.54, 1.807) is 0 Å². The first kappa shape index (κ1) is 23.9. The molecule has 4 rings (SSSR count). The SMILES string of the molecule is C[C@@H]1CCCOc2ncnc3c2n(c(=O)n3COCC[Si](C)(C)C)-c2ccc(C(N)=O)c(n2)O1. The average molecular weight is 487 g/mol. The zero-order valence-electron chi connectivity index (χ0n) is 19.9. The van der Waals surface area contributed by atoms with Crippen LogP contribution in [0.3, 0.4) is 0 Å². The van der Waals surface area contributed by atoms with E-state index in [9.17, 15) is 9.59 Å². The van der Waals surface area contributed by atoms with Crippen molar-refractivity contribution in [2.45, 2.75) is 58.3 Å². The van der Waals surface area contributed by atoms with E-state index in [0.29, 0.717) is 37.2 Å². The Morgan fingerprint density at radius 2 is 2.06 bits per heavy atom. The normalized spacial score (nSPS) is 16.3. The second kappa shape index (κ2) is 9.55. The van der Waals surface area contributed by atoms with Gasteiger partial charge in [0.15, 0.2) is 11.2 Å². The number of pyridine rings is 1. The zero-order chi connectivity index (χ0) is 24.5. The number of nitrogens with zero attached hydrogens (tertiary/aromatic N) is 5. The van der Waals surface area contributed by atoms with E-state index in [0.717, 1.165) is 6.04 Å². The van der Waals surface area contributed by atoms with Crippen LogP contribution < -0.4 is 20.9 Å². The highest BCUT2D eigenvalue weighted by atomic mass is 28.3. The van der Waals surface area contributed by atoms with E-state index in [4.69, 9.17) is 19.9 Å². The van der Waals surface area contributed by atoms with Gasteiger partial charge in [-0.15, -0.1) is 0 Å². The van der Waals surface area contributed by atoms with E-state index in [-0.39, 0.29) is 36.0 Å². The minimum atomic E-state index is -1.28. The van der Waals surface area contributed by atoms with Crippen LogP contribution in [0.2, 0.25) is 25.7 Å². The van der Waals surface area contributed by atoms with Gasteiger partial charge in [-0.2, -0.15) is 9.97 Å². The molecule has 12 heteroatoms. The molecule has 0 unspecified atom stereocenters. The van der Waals surface area contributed by atoms with E-state index in [1.807, 2.05) is 6.92 Å². The van der Waals surface area contributed by atoms with Crippen LogP contribution >= 0.6 is 0 Å². The number of ether oxygens (including phenoxy) is 3. The Kier molecular flexibility index (Phi) is 6.71. The van der Waals surface area contributed by atoms with E-state index in [1.165, 1.54) is 27.6 Å². The van der Waals surface area contributed by atoms with Crippen molar-refractivity contribution < 1.29 is 19.0 Å². The number of rotatable bonds is 6. The molecule has 0 aliphatic carbocycles. The summed E-state index contributed by atoms with van der Waals surface area (Å²) in [5.41, 5.74) is 6.01. The highest BCUT2D eigenvalue weighted by Gasteiger charge is 2.24. The quantitative estimate of drug-likeness (QED) is 0.414. The molecular weight excluding hydrogens is 456 g/mol. The molecule has 1 amide bonds. The lowest BCUT2D eigenvalue weighted by Gasteiger charge is -2.18. The van der Waals surface area contributed by atoms with Crippen LogP contribution in [0.4, 0.5) is 0 Å². The van der Waals surface area contributed by atoms with Gasteiger partial charge in [-0.3, -0.25) is 9.36 Å². The van der Waals surface area contributed by atoms with Crippen LogP contribution in [-0.2, 0) is 11.5 Å². The second-order valence-electron chi connectivity index (χ2n) is 9.55. The first-order valence-corrected chi connectivity index (χ1v) is 15.0. The van der Waals surface area contributed by atoms with Crippen LogP contribution in [0, 0.1) is 0 Å². The first-order valence-electron chi connectivity index (χ1n) is 11.3. The standard InChI is InChI=1S/C22H30N6O5Si/c1-14-6-5-9-32-21-17-19(24-12-25-21)27(13-31-10-11-34(2,3)4)22(30)28(17)16-8-7-15(18(23)29)20(26-16)33-14/h7-8,12,14H,5-6,9-11,13H2,1-4H3,(H2,23,29)/t14-/m1/s1. The molecule has 3 aromatic rings. The number of fused-ring (bicyclic) bond motifs is 3. The second-order valence-corrected chi connectivity index (χ2v) is 15.2. The number of carbonyl (C=O) groups excluding carboxylic acids is 1. The third-order valence-electron chi connectivity index (χ3n) is 5.53. The summed E-state index contributed by atoms with van der Waals surface area (Å²) in [6.07, 6.45) is 2.46. The molecule has 3 aromatic heterocycles. The number of amides is 1. The van der Waals surface area contributed by atoms with Gasteiger partial charge in [0, 0.05) is 14.7 Å². The minimum absolute atomic E-state index is 0.0308. The first-order chi connectivity index (χ1) is 16.2. The van der Waals surface area contributed by atoms with Crippen LogP contribution in [-0.4, -0.2) is 57.4 Å². The summed E-state index contributed by atoms with van der Waals surface area (Å²) < 4.78 is 20.5. The molecule has 0 fully saturated rings. The van der Waals surface area contributed by atoms with Crippen molar-refractivity contribution in [3.63, 3.8) is 0 Å². The molecule has 4 heterocycles. The number of hydrogen-bond donors (Lipinski definition) is 1. The molecule has 2 N–H and O–H groups in total. The van der Waals surface area contributed by atoms with E-state index < -0.39 is 19.7 Å². The predicted molar refractivity (Wildman–Crippen MR) is 128 cm³/mol. The monoisotopic (exact) mass is 486 g/mol. The molecule has 1 aliphatic rings. The third kappa shape index (κ3) is 4.97. The fourth-order valence-corrected chi connectivity index (χ4v) is 4.40. The van der Waals surface area contributed by atoms with Gasteiger partial charge in [-0.25, -0.2) is 14.3 Å². The summed E-state index contributed by atoms with van der Waals surface area (Å²) in [5, 5.41) is 0. The molecular formula is C22H30N6O5Si. The topological polar surface area (TPSA) is 136 Å². The van der Waals surface area contributed by atoms with E-state index >= 15 is 0 Å². The van der Waals surface area contributed by atoms with Crippen molar-refractivity contribution >= 4 is 25.1 Å². The number of hydrogen-bond acceptors (Lipinski definition) is 8. The van der Waals surface area contributed by atoms with Gasteiger partial charge in [0.05, 0.1) is 12.7 Å². The van der Waals surface area contributed by atoms with Gasteiger partial charge < -0.3 is 19.9 Å². The Bertz CT molecular complexity index is 1270. The maximum Gasteiger partial charge on any atom is 0.338 e. The van der Waals surface area contributed by atoms with Gasteiger partial charge in [0.2, 0.25) is 11.8 Å². The van der Waals surface area contributed by atoms with Crippen molar-refractivity contribution in [2.24, 2.45) is 5.73 Å². The molecule has 0 saturated heterocycles. The highest BCUT2D eigenvalue weighted by molar-refractivity contribution is 6.76. The largest absolute Gasteiger partial charge is 0.476 e. The number of carbonyl (C=O) groups is 1. The predicted octanol–water partition coefficient (Wildman–Crippen LogP) is 2.33. The number of nitrogens with two attached hydrogens (primary N) is 1. The van der Waals surface area contributed by atoms with Gasteiger partial charge in [-0.1, -0.05) is 19.6 Å².